The van der Waals surface area contributed by atoms with Crippen molar-refractivity contribution in [1.82, 2.24) is 8.75 Å². The summed E-state index contributed by atoms with van der Waals surface area (Å²) in [6.07, 6.45) is 2.88. The average molecular weight is 433 g/mol. The number of hydrogen-bond donors (Lipinski definition) is 0. The van der Waals surface area contributed by atoms with Gasteiger partial charge in [-0.25, -0.2) is 8.78 Å². The summed E-state index contributed by atoms with van der Waals surface area (Å²) in [5.41, 5.74) is 4.75. The molecule has 0 bridgehead atoms. The van der Waals surface area contributed by atoms with Gasteiger partial charge < -0.3 is 0 Å². The monoisotopic (exact) mass is 432 g/mol. The molecule has 0 N–H and O–H groups in total. The van der Waals surface area contributed by atoms with Gasteiger partial charge in [0.25, 0.3) is 0 Å². The van der Waals surface area contributed by atoms with Crippen molar-refractivity contribution in [3.8, 4) is 23.0 Å². The predicted molar refractivity (Wildman–Crippen MR) is 123 cm³/mol. The highest BCUT2D eigenvalue weighted by atomic mass is 32.1. The van der Waals surface area contributed by atoms with Crippen LogP contribution in [0.1, 0.15) is 43.4 Å². The Bertz CT molecular complexity index is 1280. The maximum Gasteiger partial charge on any atom is 0.139 e. The Hall–Kier alpha value is -3.10. The predicted octanol–water partition coefficient (Wildman–Crippen LogP) is 7.02. The summed E-state index contributed by atoms with van der Waals surface area (Å²) in [6.45, 7) is 4.27. The molecule has 2 nitrogen and oxygen atoms in total. The Morgan fingerprint density at radius 2 is 1.65 bits per heavy atom. The minimum Gasteiger partial charge on any atom is -0.207 e. The highest BCUT2D eigenvalue weighted by Gasteiger charge is 2.09. The second-order valence-electron chi connectivity index (χ2n) is 7.82. The second kappa shape index (κ2) is 9.36. The molecular formula is C26H22F2N2S. The molecule has 31 heavy (non-hydrogen) atoms. The zero-order chi connectivity index (χ0) is 21.8. The summed E-state index contributed by atoms with van der Waals surface area (Å²) < 4.78 is 37.5. The van der Waals surface area contributed by atoms with Gasteiger partial charge in [-0.1, -0.05) is 56.7 Å². The number of rotatable bonds is 5. The van der Waals surface area contributed by atoms with Crippen LogP contribution in [0, 0.1) is 29.4 Å². The molecule has 0 aliphatic rings. The van der Waals surface area contributed by atoms with E-state index in [1.165, 1.54) is 12.1 Å². The van der Waals surface area contributed by atoms with Crippen LogP contribution >= 0.6 is 11.7 Å². The lowest BCUT2D eigenvalue weighted by molar-refractivity contribution is 0.504. The topological polar surface area (TPSA) is 25.8 Å². The quantitative estimate of drug-likeness (QED) is 0.317. The molecule has 0 radical (unpaired) electrons. The van der Waals surface area contributed by atoms with Crippen LogP contribution in [0.25, 0.3) is 22.2 Å². The van der Waals surface area contributed by atoms with Gasteiger partial charge in [-0.3, -0.25) is 0 Å². The first-order valence-corrected chi connectivity index (χ1v) is 11.1. The third-order valence-corrected chi connectivity index (χ3v) is 5.86. The minimum absolute atomic E-state index is 0.252. The zero-order valence-electron chi connectivity index (χ0n) is 17.5. The average Bonchev–Trinajstić information content (AvgIpc) is 3.22. The van der Waals surface area contributed by atoms with Gasteiger partial charge in [0.15, 0.2) is 0 Å². The van der Waals surface area contributed by atoms with Crippen LogP contribution < -0.4 is 0 Å². The Labute approximate surface area is 185 Å². The number of nitrogens with zero attached hydrogens (tertiary/aromatic N) is 2. The maximum atomic E-state index is 14.6. The van der Waals surface area contributed by atoms with Gasteiger partial charge in [0.1, 0.15) is 22.7 Å². The smallest absolute Gasteiger partial charge is 0.139 e. The fourth-order valence-electron chi connectivity index (χ4n) is 3.66. The maximum absolute atomic E-state index is 14.6. The van der Waals surface area contributed by atoms with Crippen molar-refractivity contribution in [2.24, 2.45) is 5.92 Å². The number of benzene rings is 3. The highest BCUT2D eigenvalue weighted by Crippen LogP contribution is 2.25. The van der Waals surface area contributed by atoms with Crippen molar-refractivity contribution in [2.75, 3.05) is 0 Å². The lowest BCUT2D eigenvalue weighted by Gasteiger charge is -2.10. The van der Waals surface area contributed by atoms with E-state index in [9.17, 15) is 8.78 Å². The Morgan fingerprint density at radius 1 is 0.871 bits per heavy atom. The molecule has 156 valence electrons. The largest absolute Gasteiger partial charge is 0.207 e. The number of fused-ring (bicyclic) bond motifs is 1. The van der Waals surface area contributed by atoms with Gasteiger partial charge in [-0.15, -0.1) is 0 Å². The number of halogens is 2. The molecule has 0 aliphatic heterocycles. The van der Waals surface area contributed by atoms with Crippen molar-refractivity contribution in [2.45, 2.75) is 33.1 Å². The van der Waals surface area contributed by atoms with E-state index in [-0.39, 0.29) is 11.4 Å². The van der Waals surface area contributed by atoms with Crippen LogP contribution in [0.15, 0.2) is 54.6 Å². The first kappa shape index (κ1) is 21.1. The molecule has 0 aliphatic carbocycles. The molecule has 4 aromatic rings. The van der Waals surface area contributed by atoms with Crippen LogP contribution in [-0.2, 0) is 6.42 Å². The van der Waals surface area contributed by atoms with E-state index in [1.54, 1.807) is 18.2 Å². The van der Waals surface area contributed by atoms with Crippen LogP contribution in [0.3, 0.4) is 0 Å². The Morgan fingerprint density at radius 3 is 2.42 bits per heavy atom. The summed E-state index contributed by atoms with van der Waals surface area (Å²) in [4.78, 5) is 0. The van der Waals surface area contributed by atoms with E-state index >= 15 is 0 Å². The standard InChI is InChI=1S/C26H22F2N2S/c1-3-4-17(2)13-22-8-6-18(14-23(22)27)5-7-19-9-10-20(15-24(19)28)21-11-12-25-26(16-21)30-31-29-25/h6,8-12,14-17H,3-4,13H2,1-2H3. The van der Waals surface area contributed by atoms with Gasteiger partial charge in [0.2, 0.25) is 0 Å². The molecule has 1 heterocycles. The molecular weight excluding hydrogens is 410 g/mol. The fourth-order valence-corrected chi connectivity index (χ4v) is 4.18. The molecule has 0 amide bonds. The molecule has 1 aromatic heterocycles. The molecule has 3 aromatic carbocycles. The summed E-state index contributed by atoms with van der Waals surface area (Å²) in [7, 11) is 0. The van der Waals surface area contributed by atoms with E-state index in [2.05, 4.69) is 34.4 Å². The molecule has 4 rings (SSSR count). The van der Waals surface area contributed by atoms with E-state index in [1.807, 2.05) is 24.3 Å². The van der Waals surface area contributed by atoms with E-state index in [4.69, 9.17) is 0 Å². The molecule has 0 saturated heterocycles. The molecule has 1 unspecified atom stereocenters. The van der Waals surface area contributed by atoms with E-state index in [0.29, 0.717) is 23.5 Å². The molecule has 0 saturated carbocycles. The first-order chi connectivity index (χ1) is 15.0. The number of hydrogen-bond acceptors (Lipinski definition) is 3. The summed E-state index contributed by atoms with van der Waals surface area (Å²) in [5.74, 6) is 5.49. The molecule has 5 heteroatoms. The Kier molecular flexibility index (Phi) is 6.39. The van der Waals surface area contributed by atoms with Crippen LogP contribution in [0.4, 0.5) is 8.78 Å². The second-order valence-corrected chi connectivity index (χ2v) is 8.34. The number of aromatic nitrogens is 2. The van der Waals surface area contributed by atoms with Crippen LogP contribution in [0.5, 0.6) is 0 Å². The van der Waals surface area contributed by atoms with Crippen molar-refractivity contribution in [3.05, 3.63) is 82.9 Å². The third kappa shape index (κ3) is 4.98. The van der Waals surface area contributed by atoms with Gasteiger partial charge in [-0.2, -0.15) is 8.75 Å². The fraction of sp³-hybridized carbons (Fsp3) is 0.231. The minimum atomic E-state index is -0.410. The zero-order valence-corrected chi connectivity index (χ0v) is 18.3. The normalized spacial score (nSPS) is 11.9. The molecule has 0 spiro atoms. The van der Waals surface area contributed by atoms with Crippen LogP contribution in [-0.4, -0.2) is 8.75 Å². The van der Waals surface area contributed by atoms with Crippen molar-refractivity contribution in [3.63, 3.8) is 0 Å². The van der Waals surface area contributed by atoms with Gasteiger partial charge in [0.05, 0.1) is 17.3 Å². The van der Waals surface area contributed by atoms with E-state index in [0.717, 1.165) is 46.7 Å². The Balaban J connectivity index is 1.53. The summed E-state index contributed by atoms with van der Waals surface area (Å²) >= 11 is 1.15. The summed E-state index contributed by atoms with van der Waals surface area (Å²) in [5, 5.41) is 0. The van der Waals surface area contributed by atoms with Crippen molar-refractivity contribution < 1.29 is 8.78 Å². The molecule has 0 fully saturated rings. The van der Waals surface area contributed by atoms with Gasteiger partial charge in [-0.05, 0) is 65.4 Å². The van der Waals surface area contributed by atoms with E-state index < -0.39 is 5.82 Å². The lowest BCUT2D eigenvalue weighted by atomic mass is 9.96. The lowest BCUT2D eigenvalue weighted by Crippen LogP contribution is -2.01. The van der Waals surface area contributed by atoms with Gasteiger partial charge in [0, 0.05) is 5.56 Å². The van der Waals surface area contributed by atoms with Crippen molar-refractivity contribution in [1.29, 1.82) is 0 Å². The first-order valence-electron chi connectivity index (χ1n) is 10.4. The van der Waals surface area contributed by atoms with Crippen LogP contribution in [0.2, 0.25) is 0 Å². The van der Waals surface area contributed by atoms with Gasteiger partial charge >= 0.3 is 0 Å². The summed E-state index contributed by atoms with van der Waals surface area (Å²) in [6, 6.07) is 15.6. The highest BCUT2D eigenvalue weighted by molar-refractivity contribution is 7.00. The molecule has 1 atom stereocenters. The third-order valence-electron chi connectivity index (χ3n) is 5.30. The SMILES string of the molecule is CCCC(C)Cc1ccc(C#Cc2ccc(-c3ccc4nsnc4c3)cc2F)cc1F. The van der Waals surface area contributed by atoms with Crippen molar-refractivity contribution >= 4 is 22.8 Å².